The van der Waals surface area contributed by atoms with Crippen LogP contribution < -0.4 is 5.32 Å². The topological polar surface area (TPSA) is 62.2 Å². The molecule has 2 N–H and O–H groups in total. The maximum Gasteiger partial charge on any atom is 0.337 e. The minimum absolute atomic E-state index is 0.0417. The van der Waals surface area contributed by atoms with Crippen LogP contribution in [0.4, 0.5) is 10.2 Å². The van der Waals surface area contributed by atoms with Crippen LogP contribution in [0, 0.1) is 5.82 Å². The van der Waals surface area contributed by atoms with E-state index in [4.69, 9.17) is 5.11 Å². The van der Waals surface area contributed by atoms with Crippen molar-refractivity contribution in [3.63, 3.8) is 0 Å². The Bertz CT molecular complexity index is 314. The van der Waals surface area contributed by atoms with Crippen LogP contribution in [0.5, 0.6) is 0 Å². The molecule has 5 heteroatoms. The molecule has 12 heavy (non-hydrogen) atoms. The summed E-state index contributed by atoms with van der Waals surface area (Å²) in [6, 6.07) is 0.918. The molecule has 64 valence electrons. The Labute approximate surface area is 68.1 Å². The van der Waals surface area contributed by atoms with Gasteiger partial charge in [0.15, 0.2) is 11.6 Å². The lowest BCUT2D eigenvalue weighted by Gasteiger charge is -2.00. The molecular formula is C7H7FN2O2. The molecule has 0 amide bonds. The van der Waals surface area contributed by atoms with Crippen molar-refractivity contribution in [2.75, 3.05) is 12.4 Å². The summed E-state index contributed by atoms with van der Waals surface area (Å²) in [6.45, 7) is 0. The van der Waals surface area contributed by atoms with Gasteiger partial charge in [0.05, 0.1) is 5.56 Å². The fourth-order valence-electron chi connectivity index (χ4n) is 0.739. The van der Waals surface area contributed by atoms with Gasteiger partial charge in [0.25, 0.3) is 0 Å². The predicted octanol–water partition coefficient (Wildman–Crippen LogP) is 0.961. The van der Waals surface area contributed by atoms with E-state index >= 15 is 0 Å². The largest absolute Gasteiger partial charge is 0.478 e. The van der Waals surface area contributed by atoms with E-state index in [0.29, 0.717) is 0 Å². The third kappa shape index (κ3) is 1.50. The van der Waals surface area contributed by atoms with Crippen LogP contribution in [-0.4, -0.2) is 23.1 Å². The van der Waals surface area contributed by atoms with Crippen LogP contribution >= 0.6 is 0 Å². The summed E-state index contributed by atoms with van der Waals surface area (Å²) in [5.74, 6) is -1.82. The zero-order chi connectivity index (χ0) is 9.14. The van der Waals surface area contributed by atoms with Crippen molar-refractivity contribution in [3.8, 4) is 0 Å². The van der Waals surface area contributed by atoms with Gasteiger partial charge >= 0.3 is 5.97 Å². The second-order valence-electron chi connectivity index (χ2n) is 2.11. The Morgan fingerprint density at radius 1 is 1.75 bits per heavy atom. The molecule has 0 fully saturated rings. The van der Waals surface area contributed by atoms with Gasteiger partial charge in [0.1, 0.15) is 0 Å². The Kier molecular flexibility index (Phi) is 2.23. The quantitative estimate of drug-likeness (QED) is 0.693. The second-order valence-corrected chi connectivity index (χ2v) is 2.11. The number of halogens is 1. The molecule has 0 spiro atoms. The first-order valence-corrected chi connectivity index (χ1v) is 3.21. The highest BCUT2D eigenvalue weighted by molar-refractivity contribution is 5.87. The summed E-state index contributed by atoms with van der Waals surface area (Å²) in [5, 5.41) is 10.9. The summed E-state index contributed by atoms with van der Waals surface area (Å²) in [7, 11) is 1.51. The van der Waals surface area contributed by atoms with E-state index in [1.54, 1.807) is 0 Å². The van der Waals surface area contributed by atoms with Crippen molar-refractivity contribution >= 4 is 11.8 Å². The number of carboxylic acids is 1. The van der Waals surface area contributed by atoms with Crippen molar-refractivity contribution in [2.24, 2.45) is 0 Å². The number of carbonyl (C=O) groups is 1. The standard InChI is InChI=1S/C7H7FN2O2/c1-9-6-5(8)2-4(3-10-6)7(11)12/h2-3H,1H3,(H,9,10)(H,11,12). The molecule has 0 unspecified atom stereocenters. The number of aromatic carboxylic acids is 1. The van der Waals surface area contributed by atoms with E-state index < -0.39 is 11.8 Å². The molecule has 0 aliphatic heterocycles. The Morgan fingerprint density at radius 3 is 2.83 bits per heavy atom. The molecule has 0 aliphatic rings. The molecule has 1 aromatic rings. The van der Waals surface area contributed by atoms with E-state index in [2.05, 4.69) is 10.3 Å². The lowest BCUT2D eigenvalue weighted by molar-refractivity contribution is 0.0696. The van der Waals surface area contributed by atoms with Crippen LogP contribution in [0.2, 0.25) is 0 Å². The molecule has 1 heterocycles. The van der Waals surface area contributed by atoms with Crippen molar-refractivity contribution < 1.29 is 14.3 Å². The summed E-state index contributed by atoms with van der Waals surface area (Å²) in [4.78, 5) is 13.9. The van der Waals surface area contributed by atoms with Crippen molar-refractivity contribution in [2.45, 2.75) is 0 Å². The van der Waals surface area contributed by atoms with Gasteiger partial charge in [-0.3, -0.25) is 0 Å². The Hall–Kier alpha value is -1.65. The first kappa shape index (κ1) is 8.45. The monoisotopic (exact) mass is 170 g/mol. The zero-order valence-electron chi connectivity index (χ0n) is 6.34. The highest BCUT2D eigenvalue weighted by atomic mass is 19.1. The van der Waals surface area contributed by atoms with Crippen molar-refractivity contribution in [1.82, 2.24) is 4.98 Å². The fourth-order valence-corrected chi connectivity index (χ4v) is 0.739. The summed E-state index contributed by atoms with van der Waals surface area (Å²) in [6.07, 6.45) is 1.09. The Balaban J connectivity index is 3.10. The van der Waals surface area contributed by atoms with Crippen molar-refractivity contribution in [1.29, 1.82) is 0 Å². The molecule has 0 aliphatic carbocycles. The minimum Gasteiger partial charge on any atom is -0.478 e. The average molecular weight is 170 g/mol. The number of rotatable bonds is 2. The molecular weight excluding hydrogens is 163 g/mol. The molecule has 0 radical (unpaired) electrons. The Morgan fingerprint density at radius 2 is 2.42 bits per heavy atom. The molecule has 4 nitrogen and oxygen atoms in total. The lowest BCUT2D eigenvalue weighted by Crippen LogP contribution is -2.02. The van der Waals surface area contributed by atoms with Gasteiger partial charge in [0, 0.05) is 13.2 Å². The molecule has 0 atom stereocenters. The SMILES string of the molecule is CNc1ncc(C(=O)O)cc1F. The molecule has 0 saturated heterocycles. The first-order chi connectivity index (χ1) is 5.65. The summed E-state index contributed by atoms with van der Waals surface area (Å²) in [5.41, 5.74) is -0.161. The number of aromatic nitrogens is 1. The normalized spacial score (nSPS) is 9.50. The van der Waals surface area contributed by atoms with E-state index in [9.17, 15) is 9.18 Å². The van der Waals surface area contributed by atoms with Crippen LogP contribution in [0.3, 0.4) is 0 Å². The van der Waals surface area contributed by atoms with Gasteiger partial charge in [0.2, 0.25) is 0 Å². The van der Waals surface area contributed by atoms with E-state index in [1.807, 2.05) is 0 Å². The number of hydrogen-bond donors (Lipinski definition) is 2. The maximum atomic E-state index is 12.8. The van der Waals surface area contributed by atoms with E-state index in [1.165, 1.54) is 7.05 Å². The second kappa shape index (κ2) is 3.17. The first-order valence-electron chi connectivity index (χ1n) is 3.21. The molecule has 1 rings (SSSR count). The maximum absolute atomic E-state index is 12.8. The highest BCUT2D eigenvalue weighted by Gasteiger charge is 2.07. The number of carboxylic acid groups (broad SMARTS) is 1. The van der Waals surface area contributed by atoms with Gasteiger partial charge in [-0.2, -0.15) is 0 Å². The molecule has 0 saturated carbocycles. The van der Waals surface area contributed by atoms with Gasteiger partial charge in [-0.25, -0.2) is 14.2 Å². The minimum atomic E-state index is -1.19. The number of pyridine rings is 1. The molecule has 0 aromatic carbocycles. The summed E-state index contributed by atoms with van der Waals surface area (Å²) < 4.78 is 12.8. The van der Waals surface area contributed by atoms with Crippen LogP contribution in [0.25, 0.3) is 0 Å². The average Bonchev–Trinajstić information content (AvgIpc) is 2.04. The third-order valence-corrected chi connectivity index (χ3v) is 1.32. The molecule has 0 bridgehead atoms. The van der Waals surface area contributed by atoms with E-state index in [0.717, 1.165) is 12.3 Å². The fraction of sp³-hybridized carbons (Fsp3) is 0.143. The van der Waals surface area contributed by atoms with Crippen LogP contribution in [-0.2, 0) is 0 Å². The number of anilines is 1. The van der Waals surface area contributed by atoms with E-state index in [-0.39, 0.29) is 11.4 Å². The lowest BCUT2D eigenvalue weighted by atomic mass is 10.3. The summed E-state index contributed by atoms with van der Waals surface area (Å²) >= 11 is 0. The van der Waals surface area contributed by atoms with Gasteiger partial charge < -0.3 is 10.4 Å². The van der Waals surface area contributed by atoms with Gasteiger partial charge in [-0.15, -0.1) is 0 Å². The van der Waals surface area contributed by atoms with Crippen LogP contribution in [0.15, 0.2) is 12.3 Å². The third-order valence-electron chi connectivity index (χ3n) is 1.32. The van der Waals surface area contributed by atoms with Crippen molar-refractivity contribution in [3.05, 3.63) is 23.6 Å². The number of hydrogen-bond acceptors (Lipinski definition) is 3. The molecule has 1 aromatic heterocycles. The smallest absolute Gasteiger partial charge is 0.337 e. The predicted molar refractivity (Wildman–Crippen MR) is 40.7 cm³/mol. The highest BCUT2D eigenvalue weighted by Crippen LogP contribution is 2.10. The number of nitrogens with zero attached hydrogens (tertiary/aromatic N) is 1. The van der Waals surface area contributed by atoms with Gasteiger partial charge in [-0.05, 0) is 6.07 Å². The zero-order valence-corrected chi connectivity index (χ0v) is 6.34. The van der Waals surface area contributed by atoms with Crippen LogP contribution in [0.1, 0.15) is 10.4 Å². The van der Waals surface area contributed by atoms with Gasteiger partial charge in [-0.1, -0.05) is 0 Å². The number of nitrogens with one attached hydrogen (secondary N) is 1.